The summed E-state index contributed by atoms with van der Waals surface area (Å²) in [4.78, 5) is 39.2. The van der Waals surface area contributed by atoms with E-state index in [9.17, 15) is 14.4 Å². The normalized spacial score (nSPS) is 13.3. The van der Waals surface area contributed by atoms with Gasteiger partial charge in [0.05, 0.1) is 12.3 Å². The number of halogens is 2. The molecule has 0 unspecified atom stereocenters. The number of ether oxygens (including phenoxy) is 1. The third-order valence-electron chi connectivity index (χ3n) is 4.93. The number of anilines is 3. The molecule has 2 N–H and O–H groups in total. The van der Waals surface area contributed by atoms with Gasteiger partial charge in [-0.25, -0.2) is 4.90 Å². The minimum Gasteiger partial charge on any atom is -0.494 e. The molecule has 3 aromatic carbocycles. The molecule has 3 amide bonds. The number of imide groups is 1. The van der Waals surface area contributed by atoms with Gasteiger partial charge in [-0.15, -0.1) is 0 Å². The third kappa shape index (κ3) is 4.90. The van der Waals surface area contributed by atoms with E-state index in [-0.39, 0.29) is 16.6 Å². The molecule has 0 saturated heterocycles. The summed E-state index contributed by atoms with van der Waals surface area (Å²) in [6.45, 7) is 2.45. The topological polar surface area (TPSA) is 87.7 Å². The maximum absolute atomic E-state index is 12.9. The summed E-state index contributed by atoms with van der Waals surface area (Å²) in [5.41, 5.74) is 1.64. The maximum atomic E-state index is 12.9. The zero-order valence-corrected chi connectivity index (χ0v) is 19.5. The van der Waals surface area contributed by atoms with Gasteiger partial charge in [0.15, 0.2) is 0 Å². The molecule has 4 rings (SSSR count). The lowest BCUT2D eigenvalue weighted by molar-refractivity contribution is -0.120. The first-order valence-corrected chi connectivity index (χ1v) is 11.1. The molecule has 0 fully saturated rings. The van der Waals surface area contributed by atoms with Crippen LogP contribution in [-0.2, 0) is 9.59 Å². The Balaban J connectivity index is 1.49. The molecule has 0 spiro atoms. The summed E-state index contributed by atoms with van der Waals surface area (Å²) in [6.07, 6.45) is 0. The summed E-state index contributed by atoms with van der Waals surface area (Å²) in [5.74, 6) is -0.896. The van der Waals surface area contributed by atoms with Gasteiger partial charge in [-0.05, 0) is 73.7 Å². The van der Waals surface area contributed by atoms with Crippen LogP contribution in [-0.4, -0.2) is 24.3 Å². The van der Waals surface area contributed by atoms with Crippen LogP contribution in [0.4, 0.5) is 17.1 Å². The van der Waals surface area contributed by atoms with Crippen molar-refractivity contribution in [2.75, 3.05) is 22.1 Å². The molecule has 1 aliphatic rings. The maximum Gasteiger partial charge on any atom is 0.283 e. The molecule has 0 saturated carbocycles. The number of hydrogen-bond donors (Lipinski definition) is 2. The lowest BCUT2D eigenvalue weighted by Gasteiger charge is -2.15. The molecule has 1 heterocycles. The van der Waals surface area contributed by atoms with Crippen LogP contribution in [0.15, 0.2) is 83.5 Å². The van der Waals surface area contributed by atoms with Gasteiger partial charge in [-0.3, -0.25) is 14.4 Å². The Morgan fingerprint density at radius 2 is 1.62 bits per heavy atom. The molecule has 3 aromatic rings. The summed E-state index contributed by atoms with van der Waals surface area (Å²) >= 11 is 12.1. The highest BCUT2D eigenvalue weighted by molar-refractivity contribution is 6.53. The fraction of sp³-hybridized carbons (Fsp3) is 0.0800. The molecule has 0 radical (unpaired) electrons. The van der Waals surface area contributed by atoms with E-state index in [1.165, 1.54) is 0 Å². The number of carbonyl (C=O) groups excluding carboxylic acids is 3. The van der Waals surface area contributed by atoms with Crippen molar-refractivity contribution < 1.29 is 19.1 Å². The molecule has 0 aliphatic carbocycles. The van der Waals surface area contributed by atoms with Gasteiger partial charge in [0, 0.05) is 22.0 Å². The van der Waals surface area contributed by atoms with Crippen LogP contribution in [0.25, 0.3) is 0 Å². The summed E-state index contributed by atoms with van der Waals surface area (Å²) in [6, 6.07) is 19.8. The first-order valence-electron chi connectivity index (χ1n) is 10.3. The largest absolute Gasteiger partial charge is 0.494 e. The Morgan fingerprint density at radius 3 is 2.29 bits per heavy atom. The molecule has 172 valence electrons. The van der Waals surface area contributed by atoms with Gasteiger partial charge in [0.2, 0.25) is 0 Å². The minimum absolute atomic E-state index is 0.0781. The molecule has 0 bridgehead atoms. The summed E-state index contributed by atoms with van der Waals surface area (Å²) in [7, 11) is 0. The molecular formula is C25H19Cl2N3O4. The predicted octanol–water partition coefficient (Wildman–Crippen LogP) is 5.43. The van der Waals surface area contributed by atoms with Crippen LogP contribution in [0.5, 0.6) is 5.75 Å². The van der Waals surface area contributed by atoms with Gasteiger partial charge in [-0.1, -0.05) is 29.3 Å². The van der Waals surface area contributed by atoms with Crippen molar-refractivity contribution in [3.8, 4) is 5.75 Å². The van der Waals surface area contributed by atoms with Gasteiger partial charge in [0.25, 0.3) is 17.7 Å². The molecule has 7 nitrogen and oxygen atoms in total. The SMILES string of the molecule is CCOc1ccc(NC(=O)c2cccc(NC3=C(Cl)C(=O)N(c4ccc(Cl)cc4)C3=O)c2)cc1. The van der Waals surface area contributed by atoms with E-state index in [1.54, 1.807) is 72.8 Å². The van der Waals surface area contributed by atoms with Crippen LogP contribution >= 0.6 is 23.2 Å². The van der Waals surface area contributed by atoms with E-state index in [4.69, 9.17) is 27.9 Å². The number of nitrogens with one attached hydrogen (secondary N) is 2. The number of rotatable bonds is 7. The van der Waals surface area contributed by atoms with Gasteiger partial charge in [-0.2, -0.15) is 0 Å². The van der Waals surface area contributed by atoms with Crippen LogP contribution in [0.1, 0.15) is 17.3 Å². The van der Waals surface area contributed by atoms with Crippen molar-refractivity contribution in [1.82, 2.24) is 0 Å². The fourth-order valence-electron chi connectivity index (χ4n) is 3.32. The molecule has 0 atom stereocenters. The number of hydrogen-bond acceptors (Lipinski definition) is 5. The van der Waals surface area contributed by atoms with Crippen LogP contribution in [0.2, 0.25) is 5.02 Å². The number of amides is 3. The first kappa shape index (κ1) is 23.4. The third-order valence-corrected chi connectivity index (χ3v) is 5.53. The van der Waals surface area contributed by atoms with Crippen molar-refractivity contribution in [2.24, 2.45) is 0 Å². The average molecular weight is 496 g/mol. The Hall–Kier alpha value is -3.81. The highest BCUT2D eigenvalue weighted by Gasteiger charge is 2.39. The second kappa shape index (κ2) is 9.99. The smallest absolute Gasteiger partial charge is 0.283 e. The lowest BCUT2D eigenvalue weighted by Crippen LogP contribution is -2.32. The number of benzene rings is 3. The van der Waals surface area contributed by atoms with E-state index < -0.39 is 11.8 Å². The number of carbonyl (C=O) groups is 3. The second-order valence-electron chi connectivity index (χ2n) is 7.23. The summed E-state index contributed by atoms with van der Waals surface area (Å²) < 4.78 is 5.40. The van der Waals surface area contributed by atoms with Crippen molar-refractivity contribution in [3.05, 3.63) is 94.1 Å². The van der Waals surface area contributed by atoms with Crippen LogP contribution in [0, 0.1) is 0 Å². The lowest BCUT2D eigenvalue weighted by atomic mass is 10.1. The Labute approximate surface area is 205 Å². The summed E-state index contributed by atoms with van der Waals surface area (Å²) in [5, 5.41) is 5.91. The zero-order chi connectivity index (χ0) is 24.2. The van der Waals surface area contributed by atoms with E-state index in [2.05, 4.69) is 10.6 Å². The van der Waals surface area contributed by atoms with E-state index in [1.807, 2.05) is 6.92 Å². The van der Waals surface area contributed by atoms with E-state index in [0.29, 0.717) is 40.0 Å². The monoisotopic (exact) mass is 495 g/mol. The van der Waals surface area contributed by atoms with Crippen molar-refractivity contribution >= 4 is 58.0 Å². The van der Waals surface area contributed by atoms with Gasteiger partial charge in [0.1, 0.15) is 16.5 Å². The molecule has 9 heteroatoms. The average Bonchev–Trinajstić information content (AvgIpc) is 3.04. The second-order valence-corrected chi connectivity index (χ2v) is 8.04. The molecule has 34 heavy (non-hydrogen) atoms. The fourth-order valence-corrected chi connectivity index (χ4v) is 3.66. The Morgan fingerprint density at radius 1 is 0.912 bits per heavy atom. The highest BCUT2D eigenvalue weighted by Crippen LogP contribution is 2.31. The Bertz CT molecular complexity index is 1290. The molecular weight excluding hydrogens is 477 g/mol. The van der Waals surface area contributed by atoms with Crippen LogP contribution < -0.4 is 20.3 Å². The van der Waals surface area contributed by atoms with Crippen LogP contribution in [0.3, 0.4) is 0 Å². The van der Waals surface area contributed by atoms with Crippen molar-refractivity contribution in [1.29, 1.82) is 0 Å². The molecule has 1 aliphatic heterocycles. The molecule has 0 aromatic heterocycles. The quantitative estimate of drug-likeness (QED) is 0.426. The Kier molecular flexibility index (Phi) is 6.86. The standard InChI is InChI=1S/C25H19Cl2N3O4/c1-2-34-20-12-8-17(9-13-20)29-23(31)15-4-3-5-18(14-15)28-22-21(27)24(32)30(25(22)33)19-10-6-16(26)7-11-19/h3-14,28H,2H2,1H3,(H,29,31). The highest BCUT2D eigenvalue weighted by atomic mass is 35.5. The van der Waals surface area contributed by atoms with Gasteiger partial charge < -0.3 is 15.4 Å². The van der Waals surface area contributed by atoms with Crippen molar-refractivity contribution in [2.45, 2.75) is 6.92 Å². The predicted molar refractivity (Wildman–Crippen MR) is 132 cm³/mol. The van der Waals surface area contributed by atoms with E-state index >= 15 is 0 Å². The first-order chi connectivity index (χ1) is 16.4. The zero-order valence-electron chi connectivity index (χ0n) is 18.0. The minimum atomic E-state index is -0.652. The van der Waals surface area contributed by atoms with Crippen molar-refractivity contribution in [3.63, 3.8) is 0 Å². The van der Waals surface area contributed by atoms with Gasteiger partial charge >= 0.3 is 0 Å². The number of nitrogens with zero attached hydrogens (tertiary/aromatic N) is 1. The van der Waals surface area contributed by atoms with E-state index in [0.717, 1.165) is 4.90 Å².